The molecule has 2 aliphatic heterocycles. The van der Waals surface area contributed by atoms with Crippen molar-refractivity contribution < 1.29 is 23.0 Å². The molecule has 2 saturated heterocycles. The third kappa shape index (κ3) is 4.35. The summed E-state index contributed by atoms with van der Waals surface area (Å²) in [6, 6.07) is 6.82. The maximum Gasteiger partial charge on any atom is 0.387 e. The SMILES string of the molecule is O=C(NC1CCN(c2ccc(OC(F)F)cc2)CC1)[C@@H]1CCCO1. The molecule has 2 aliphatic rings. The van der Waals surface area contributed by atoms with Crippen molar-refractivity contribution in [1.82, 2.24) is 5.32 Å². The number of halogens is 2. The third-order valence-electron chi connectivity index (χ3n) is 4.49. The molecule has 24 heavy (non-hydrogen) atoms. The van der Waals surface area contributed by atoms with Gasteiger partial charge in [-0.1, -0.05) is 0 Å². The van der Waals surface area contributed by atoms with Gasteiger partial charge in [-0.15, -0.1) is 0 Å². The minimum Gasteiger partial charge on any atom is -0.435 e. The maximum absolute atomic E-state index is 12.2. The number of hydrogen-bond donors (Lipinski definition) is 1. The van der Waals surface area contributed by atoms with Gasteiger partial charge in [0, 0.05) is 31.4 Å². The number of nitrogens with zero attached hydrogens (tertiary/aromatic N) is 1. The predicted molar refractivity (Wildman–Crippen MR) is 85.4 cm³/mol. The number of anilines is 1. The fraction of sp³-hybridized carbons (Fsp3) is 0.588. The molecule has 0 bridgehead atoms. The lowest BCUT2D eigenvalue weighted by Gasteiger charge is -2.34. The van der Waals surface area contributed by atoms with E-state index in [0.717, 1.165) is 44.5 Å². The van der Waals surface area contributed by atoms with Gasteiger partial charge in [-0.25, -0.2) is 0 Å². The molecule has 7 heteroatoms. The lowest BCUT2D eigenvalue weighted by molar-refractivity contribution is -0.130. The van der Waals surface area contributed by atoms with Crippen LogP contribution in [0.1, 0.15) is 25.7 Å². The second-order valence-corrected chi connectivity index (χ2v) is 6.14. The molecule has 3 rings (SSSR count). The molecular formula is C17H22F2N2O3. The van der Waals surface area contributed by atoms with Crippen LogP contribution in [0.5, 0.6) is 5.75 Å². The Morgan fingerprint density at radius 1 is 1.21 bits per heavy atom. The van der Waals surface area contributed by atoms with Crippen molar-refractivity contribution in [3.63, 3.8) is 0 Å². The summed E-state index contributed by atoms with van der Waals surface area (Å²) < 4.78 is 34.1. The van der Waals surface area contributed by atoms with Gasteiger partial charge < -0.3 is 19.7 Å². The van der Waals surface area contributed by atoms with E-state index in [0.29, 0.717) is 6.61 Å². The first-order valence-electron chi connectivity index (χ1n) is 8.33. The van der Waals surface area contributed by atoms with E-state index in [1.807, 2.05) is 0 Å². The third-order valence-corrected chi connectivity index (χ3v) is 4.49. The Morgan fingerprint density at radius 3 is 2.50 bits per heavy atom. The maximum atomic E-state index is 12.2. The average molecular weight is 340 g/mol. The molecule has 132 valence electrons. The van der Waals surface area contributed by atoms with E-state index in [-0.39, 0.29) is 23.8 Å². The van der Waals surface area contributed by atoms with Crippen molar-refractivity contribution in [2.45, 2.75) is 44.4 Å². The van der Waals surface area contributed by atoms with Crippen LogP contribution < -0.4 is 15.0 Å². The highest BCUT2D eigenvalue weighted by Gasteiger charge is 2.27. The molecule has 2 fully saturated rings. The zero-order chi connectivity index (χ0) is 16.9. The van der Waals surface area contributed by atoms with Crippen molar-refractivity contribution in [3.05, 3.63) is 24.3 Å². The number of nitrogens with one attached hydrogen (secondary N) is 1. The van der Waals surface area contributed by atoms with Gasteiger partial charge in [0.15, 0.2) is 0 Å². The fourth-order valence-corrected chi connectivity index (χ4v) is 3.20. The van der Waals surface area contributed by atoms with Crippen LogP contribution in [0.25, 0.3) is 0 Å². The van der Waals surface area contributed by atoms with Crippen LogP contribution in [0.3, 0.4) is 0 Å². The first-order chi connectivity index (χ1) is 11.6. The highest BCUT2D eigenvalue weighted by molar-refractivity contribution is 5.81. The van der Waals surface area contributed by atoms with Crippen LogP contribution in [0.4, 0.5) is 14.5 Å². The van der Waals surface area contributed by atoms with Gasteiger partial charge in [0.2, 0.25) is 5.91 Å². The van der Waals surface area contributed by atoms with Gasteiger partial charge in [0.05, 0.1) is 0 Å². The molecule has 5 nitrogen and oxygen atoms in total. The molecule has 2 heterocycles. The molecule has 0 aliphatic carbocycles. The second kappa shape index (κ2) is 7.79. The van der Waals surface area contributed by atoms with Crippen molar-refractivity contribution in [2.24, 2.45) is 0 Å². The van der Waals surface area contributed by atoms with E-state index >= 15 is 0 Å². The molecule has 1 N–H and O–H groups in total. The zero-order valence-electron chi connectivity index (χ0n) is 13.4. The zero-order valence-corrected chi connectivity index (χ0v) is 13.4. The van der Waals surface area contributed by atoms with Crippen LogP contribution in [0, 0.1) is 0 Å². The largest absolute Gasteiger partial charge is 0.435 e. The van der Waals surface area contributed by atoms with E-state index in [9.17, 15) is 13.6 Å². The lowest BCUT2D eigenvalue weighted by atomic mass is 10.0. The molecule has 0 unspecified atom stereocenters. The van der Waals surface area contributed by atoms with Crippen molar-refractivity contribution in [3.8, 4) is 5.75 Å². The number of carbonyl (C=O) groups excluding carboxylic acids is 1. The standard InChI is InChI=1S/C17H22F2N2O3/c18-17(19)24-14-5-3-13(4-6-14)21-9-7-12(8-10-21)20-16(22)15-2-1-11-23-15/h3-6,12,15,17H,1-2,7-11H2,(H,20,22)/t15-/m0/s1. The number of piperidine rings is 1. The Kier molecular flexibility index (Phi) is 5.50. The Morgan fingerprint density at radius 2 is 1.92 bits per heavy atom. The Hall–Kier alpha value is -1.89. The number of alkyl halides is 2. The molecule has 1 aromatic carbocycles. The summed E-state index contributed by atoms with van der Waals surface area (Å²) in [5.41, 5.74) is 0.973. The van der Waals surface area contributed by atoms with E-state index in [1.54, 1.807) is 24.3 Å². The summed E-state index contributed by atoms with van der Waals surface area (Å²) in [4.78, 5) is 14.2. The Bertz CT molecular complexity index is 539. The fourth-order valence-electron chi connectivity index (χ4n) is 3.20. The van der Waals surface area contributed by atoms with E-state index < -0.39 is 6.61 Å². The molecule has 1 aromatic rings. The monoisotopic (exact) mass is 340 g/mol. The van der Waals surface area contributed by atoms with Crippen LogP contribution in [-0.2, 0) is 9.53 Å². The van der Waals surface area contributed by atoms with E-state index in [4.69, 9.17) is 4.74 Å². The van der Waals surface area contributed by atoms with Crippen LogP contribution in [0.2, 0.25) is 0 Å². The molecule has 0 saturated carbocycles. The summed E-state index contributed by atoms with van der Waals surface area (Å²) in [7, 11) is 0. The van der Waals surface area contributed by atoms with E-state index in [2.05, 4.69) is 15.0 Å². The number of ether oxygens (including phenoxy) is 2. The first-order valence-corrected chi connectivity index (χ1v) is 8.33. The van der Waals surface area contributed by atoms with Crippen molar-refractivity contribution >= 4 is 11.6 Å². The number of benzene rings is 1. The van der Waals surface area contributed by atoms with Gasteiger partial charge in [-0.05, 0) is 49.9 Å². The Balaban J connectivity index is 1.47. The van der Waals surface area contributed by atoms with Gasteiger partial charge in [0.1, 0.15) is 11.9 Å². The van der Waals surface area contributed by atoms with Crippen LogP contribution in [0.15, 0.2) is 24.3 Å². The summed E-state index contributed by atoms with van der Waals surface area (Å²) in [5.74, 6) is 0.159. The first kappa shape index (κ1) is 17.0. The van der Waals surface area contributed by atoms with Crippen LogP contribution in [-0.4, -0.2) is 44.4 Å². The number of rotatable bonds is 5. The smallest absolute Gasteiger partial charge is 0.387 e. The molecule has 1 amide bonds. The van der Waals surface area contributed by atoms with Gasteiger partial charge in [0.25, 0.3) is 0 Å². The van der Waals surface area contributed by atoms with Gasteiger partial charge >= 0.3 is 6.61 Å². The number of amides is 1. The molecule has 1 atom stereocenters. The van der Waals surface area contributed by atoms with Gasteiger partial charge in [-0.2, -0.15) is 8.78 Å². The van der Waals surface area contributed by atoms with Crippen molar-refractivity contribution in [2.75, 3.05) is 24.6 Å². The Labute approximate surface area is 139 Å². The quantitative estimate of drug-likeness (QED) is 0.895. The normalized spacial score (nSPS) is 22.0. The number of hydrogen-bond acceptors (Lipinski definition) is 4. The lowest BCUT2D eigenvalue weighted by Crippen LogP contribution is -2.47. The minimum absolute atomic E-state index is 0.000509. The van der Waals surface area contributed by atoms with Crippen molar-refractivity contribution in [1.29, 1.82) is 0 Å². The van der Waals surface area contributed by atoms with E-state index in [1.165, 1.54) is 0 Å². The summed E-state index contributed by atoms with van der Waals surface area (Å²) >= 11 is 0. The summed E-state index contributed by atoms with van der Waals surface area (Å²) in [6.07, 6.45) is 3.17. The molecular weight excluding hydrogens is 318 g/mol. The molecule has 0 aromatic heterocycles. The topological polar surface area (TPSA) is 50.8 Å². The molecule has 0 spiro atoms. The van der Waals surface area contributed by atoms with Gasteiger partial charge in [-0.3, -0.25) is 4.79 Å². The summed E-state index contributed by atoms with van der Waals surface area (Å²) in [6.45, 7) is -0.516. The second-order valence-electron chi connectivity index (χ2n) is 6.14. The average Bonchev–Trinajstić information content (AvgIpc) is 3.10. The van der Waals surface area contributed by atoms with Crippen LogP contribution >= 0.6 is 0 Å². The minimum atomic E-state index is -2.81. The highest BCUT2D eigenvalue weighted by Crippen LogP contribution is 2.24. The summed E-state index contributed by atoms with van der Waals surface area (Å²) in [5, 5.41) is 3.07. The predicted octanol–water partition coefficient (Wildman–Crippen LogP) is 2.55. The highest BCUT2D eigenvalue weighted by atomic mass is 19.3. The molecule has 0 radical (unpaired) electrons. The number of carbonyl (C=O) groups is 1.